The number of rotatable bonds is 6. The van der Waals surface area contributed by atoms with E-state index in [-0.39, 0.29) is 29.4 Å². The van der Waals surface area contributed by atoms with Crippen molar-refractivity contribution in [2.45, 2.75) is 13.2 Å². The smallest absolute Gasteiger partial charge is 0.278 e. The summed E-state index contributed by atoms with van der Waals surface area (Å²) < 4.78 is 15.0. The minimum atomic E-state index is -0.605. The van der Waals surface area contributed by atoms with Crippen LogP contribution in [0.3, 0.4) is 0 Å². The molecule has 0 atom stereocenters. The third-order valence-corrected chi connectivity index (χ3v) is 2.50. The Morgan fingerprint density at radius 1 is 1.45 bits per heavy atom. The lowest BCUT2D eigenvalue weighted by atomic mass is 10.1. The van der Waals surface area contributed by atoms with Crippen molar-refractivity contribution >= 4 is 5.69 Å². The predicted molar refractivity (Wildman–Crippen MR) is 64.2 cm³/mol. The summed E-state index contributed by atoms with van der Waals surface area (Å²) in [5.41, 5.74) is -0.116. The Hall–Kier alpha value is -2.68. The number of aliphatic hydroxyl groups excluding tert-OH is 1. The van der Waals surface area contributed by atoms with E-state index in [1.54, 1.807) is 0 Å². The monoisotopic (exact) mass is 281 g/mol. The summed E-state index contributed by atoms with van der Waals surface area (Å²) in [7, 11) is 1.39. The number of nitro benzene ring substituents is 1. The molecular weight excluding hydrogens is 270 g/mol. The van der Waals surface area contributed by atoms with Crippen LogP contribution in [0.2, 0.25) is 0 Å². The summed E-state index contributed by atoms with van der Waals surface area (Å²) in [6.07, 6.45) is 1.15. The lowest BCUT2D eigenvalue weighted by Gasteiger charge is -2.10. The highest BCUT2D eigenvalue weighted by molar-refractivity contribution is 5.54. The van der Waals surface area contributed by atoms with Gasteiger partial charge in [0, 0.05) is 0 Å². The second-order valence-electron chi connectivity index (χ2n) is 3.68. The number of aromatic nitrogens is 2. The molecule has 0 amide bonds. The van der Waals surface area contributed by atoms with Crippen molar-refractivity contribution < 1.29 is 24.0 Å². The summed E-state index contributed by atoms with van der Waals surface area (Å²) in [6, 6.07) is 2.54. The van der Waals surface area contributed by atoms with Crippen LogP contribution in [-0.2, 0) is 13.2 Å². The Morgan fingerprint density at radius 2 is 2.25 bits per heavy atom. The molecule has 1 aromatic heterocycles. The van der Waals surface area contributed by atoms with Crippen LogP contribution in [0.15, 0.2) is 23.0 Å². The summed E-state index contributed by atoms with van der Waals surface area (Å²) in [5, 5.41) is 23.6. The maximum atomic E-state index is 10.9. The highest BCUT2D eigenvalue weighted by Crippen LogP contribution is 2.35. The van der Waals surface area contributed by atoms with Crippen LogP contribution in [0.25, 0.3) is 0 Å². The molecule has 0 saturated carbocycles. The van der Waals surface area contributed by atoms with Crippen molar-refractivity contribution in [2.75, 3.05) is 7.11 Å². The minimum Gasteiger partial charge on any atom is -0.493 e. The zero-order valence-corrected chi connectivity index (χ0v) is 10.5. The number of aliphatic hydroxyl groups is 1. The first-order valence-electron chi connectivity index (χ1n) is 5.50. The van der Waals surface area contributed by atoms with E-state index in [4.69, 9.17) is 14.6 Å². The van der Waals surface area contributed by atoms with Crippen molar-refractivity contribution in [2.24, 2.45) is 0 Å². The molecule has 0 aliphatic heterocycles. The molecule has 9 nitrogen and oxygen atoms in total. The molecule has 0 fully saturated rings. The van der Waals surface area contributed by atoms with Gasteiger partial charge in [-0.25, -0.2) is 0 Å². The largest absolute Gasteiger partial charge is 0.493 e. The normalized spacial score (nSPS) is 10.3. The summed E-state index contributed by atoms with van der Waals surface area (Å²) in [4.78, 5) is 14.1. The van der Waals surface area contributed by atoms with Gasteiger partial charge in [0.05, 0.1) is 30.3 Å². The molecule has 0 bridgehead atoms. The van der Waals surface area contributed by atoms with Crippen LogP contribution in [-0.4, -0.2) is 27.3 Å². The highest BCUT2D eigenvalue weighted by atomic mass is 16.6. The molecule has 2 rings (SSSR count). The molecule has 1 heterocycles. The van der Waals surface area contributed by atoms with Crippen molar-refractivity contribution in [3.8, 4) is 11.5 Å². The molecule has 0 saturated heterocycles. The first-order valence-corrected chi connectivity index (χ1v) is 5.50. The molecule has 9 heteroatoms. The van der Waals surface area contributed by atoms with E-state index >= 15 is 0 Å². The molecule has 20 heavy (non-hydrogen) atoms. The maximum Gasteiger partial charge on any atom is 0.278 e. The van der Waals surface area contributed by atoms with E-state index in [9.17, 15) is 10.1 Å². The summed E-state index contributed by atoms with van der Waals surface area (Å²) in [5.74, 6) is 0.713. The van der Waals surface area contributed by atoms with Gasteiger partial charge in [-0.2, -0.15) is 4.98 Å². The average molecular weight is 281 g/mol. The zero-order valence-electron chi connectivity index (χ0n) is 10.5. The van der Waals surface area contributed by atoms with Crippen LogP contribution >= 0.6 is 0 Å². The van der Waals surface area contributed by atoms with Crippen LogP contribution in [0.5, 0.6) is 11.5 Å². The van der Waals surface area contributed by atoms with Gasteiger partial charge in [0.25, 0.3) is 5.69 Å². The molecule has 0 unspecified atom stereocenters. The number of ether oxygens (including phenoxy) is 2. The second-order valence-corrected chi connectivity index (χ2v) is 3.68. The molecule has 106 valence electrons. The second kappa shape index (κ2) is 5.97. The van der Waals surface area contributed by atoms with Crippen molar-refractivity contribution in [3.63, 3.8) is 0 Å². The van der Waals surface area contributed by atoms with Gasteiger partial charge < -0.3 is 19.1 Å². The molecule has 0 aliphatic rings. The average Bonchev–Trinajstić information content (AvgIpc) is 2.97. The molecule has 2 aromatic rings. The molecular formula is C11H11N3O6. The quantitative estimate of drug-likeness (QED) is 0.616. The number of hydrogen-bond acceptors (Lipinski definition) is 8. The van der Waals surface area contributed by atoms with E-state index in [0.717, 1.165) is 6.39 Å². The Balaban J connectivity index is 2.30. The lowest BCUT2D eigenvalue weighted by molar-refractivity contribution is -0.386. The molecule has 1 aromatic carbocycles. The van der Waals surface area contributed by atoms with Crippen LogP contribution in [0.4, 0.5) is 5.69 Å². The fourth-order valence-electron chi connectivity index (χ4n) is 1.56. The van der Waals surface area contributed by atoms with E-state index in [0.29, 0.717) is 5.82 Å². The van der Waals surface area contributed by atoms with Gasteiger partial charge >= 0.3 is 0 Å². The number of methoxy groups -OCH3 is 1. The van der Waals surface area contributed by atoms with Gasteiger partial charge in [-0.05, 0) is 6.07 Å². The first kappa shape index (κ1) is 13.7. The number of benzene rings is 1. The third-order valence-electron chi connectivity index (χ3n) is 2.50. The predicted octanol–water partition coefficient (Wildman–Crippen LogP) is 1.06. The standard InChI is InChI=1S/C11H11N3O6/c1-18-9-2-7(4-15)8(14(16)17)3-10(9)19-5-11-12-6-20-13-11/h2-3,6,15H,4-5H2,1H3. The van der Waals surface area contributed by atoms with Gasteiger partial charge in [0.1, 0.15) is 0 Å². The van der Waals surface area contributed by atoms with Gasteiger partial charge in [0.15, 0.2) is 18.1 Å². The van der Waals surface area contributed by atoms with Crippen molar-refractivity contribution in [1.82, 2.24) is 10.1 Å². The fraction of sp³-hybridized carbons (Fsp3) is 0.273. The number of nitrogens with zero attached hydrogens (tertiary/aromatic N) is 3. The van der Waals surface area contributed by atoms with Crippen molar-refractivity contribution in [1.29, 1.82) is 0 Å². The fourth-order valence-corrected chi connectivity index (χ4v) is 1.56. The van der Waals surface area contributed by atoms with Gasteiger partial charge in [-0.15, -0.1) is 0 Å². The SMILES string of the molecule is COc1cc(CO)c([N+](=O)[O-])cc1OCc1ncon1. The van der Waals surface area contributed by atoms with Gasteiger partial charge in [0.2, 0.25) is 12.2 Å². The van der Waals surface area contributed by atoms with E-state index in [1.165, 1.54) is 19.2 Å². The van der Waals surface area contributed by atoms with Crippen LogP contribution in [0, 0.1) is 10.1 Å². The summed E-state index contributed by atoms with van der Waals surface area (Å²) >= 11 is 0. The van der Waals surface area contributed by atoms with Crippen LogP contribution < -0.4 is 9.47 Å². The molecule has 0 radical (unpaired) electrons. The minimum absolute atomic E-state index is 0.0253. The molecule has 0 aliphatic carbocycles. The first-order chi connectivity index (χ1) is 9.65. The zero-order chi connectivity index (χ0) is 14.5. The Bertz CT molecular complexity index is 598. The highest BCUT2D eigenvalue weighted by Gasteiger charge is 2.19. The Kier molecular flexibility index (Phi) is 4.11. The van der Waals surface area contributed by atoms with E-state index in [2.05, 4.69) is 14.7 Å². The molecule has 1 N–H and O–H groups in total. The Labute approximate surface area is 112 Å². The number of hydrogen-bond donors (Lipinski definition) is 1. The Morgan fingerprint density at radius 3 is 2.80 bits per heavy atom. The van der Waals surface area contributed by atoms with Gasteiger partial charge in [-0.1, -0.05) is 5.16 Å². The molecule has 0 spiro atoms. The lowest BCUT2D eigenvalue weighted by Crippen LogP contribution is -2.02. The van der Waals surface area contributed by atoms with Gasteiger partial charge in [-0.3, -0.25) is 10.1 Å². The number of nitro groups is 1. The van der Waals surface area contributed by atoms with E-state index < -0.39 is 11.5 Å². The maximum absolute atomic E-state index is 10.9. The van der Waals surface area contributed by atoms with Crippen LogP contribution in [0.1, 0.15) is 11.4 Å². The van der Waals surface area contributed by atoms with Crippen molar-refractivity contribution in [3.05, 3.63) is 40.0 Å². The third kappa shape index (κ3) is 2.83. The summed E-state index contributed by atoms with van der Waals surface area (Å²) in [6.45, 7) is -0.500. The van der Waals surface area contributed by atoms with E-state index in [1.807, 2.05) is 0 Å². The topological polar surface area (TPSA) is 121 Å².